The molecule has 0 spiro atoms. The fraction of sp³-hybridized carbons (Fsp3) is 0.111. The molecule has 5 nitrogen and oxygen atoms in total. The average molecular weight is 422 g/mol. The number of oxazole rings is 1. The summed E-state index contributed by atoms with van der Waals surface area (Å²) < 4.78 is 11.6. The van der Waals surface area contributed by atoms with E-state index in [1.165, 1.54) is 0 Å². The number of benzene rings is 4. The highest BCUT2D eigenvalue weighted by Gasteiger charge is 2.12. The summed E-state index contributed by atoms with van der Waals surface area (Å²) in [4.78, 5) is 17.0. The number of hydrogen-bond donors (Lipinski definition) is 1. The van der Waals surface area contributed by atoms with Crippen LogP contribution in [-0.2, 0) is 4.79 Å². The Morgan fingerprint density at radius 3 is 2.56 bits per heavy atom. The summed E-state index contributed by atoms with van der Waals surface area (Å²) in [6, 6.07) is 25.5. The predicted molar refractivity (Wildman–Crippen MR) is 127 cm³/mol. The van der Waals surface area contributed by atoms with Crippen LogP contribution in [0.5, 0.6) is 5.75 Å². The summed E-state index contributed by atoms with van der Waals surface area (Å²) >= 11 is 0. The van der Waals surface area contributed by atoms with Gasteiger partial charge in [-0.1, -0.05) is 42.5 Å². The highest BCUT2D eigenvalue weighted by atomic mass is 16.5. The number of anilines is 1. The van der Waals surface area contributed by atoms with Gasteiger partial charge in [-0.3, -0.25) is 4.79 Å². The Morgan fingerprint density at radius 2 is 1.72 bits per heavy atom. The van der Waals surface area contributed by atoms with Gasteiger partial charge in [0.1, 0.15) is 11.3 Å². The summed E-state index contributed by atoms with van der Waals surface area (Å²) in [5.74, 6) is 1.00. The maximum absolute atomic E-state index is 12.4. The van der Waals surface area contributed by atoms with Crippen molar-refractivity contribution in [2.24, 2.45) is 0 Å². The zero-order chi connectivity index (χ0) is 22.1. The van der Waals surface area contributed by atoms with Crippen molar-refractivity contribution in [3.05, 3.63) is 90.0 Å². The monoisotopic (exact) mass is 422 g/mol. The molecule has 1 heterocycles. The molecule has 4 aromatic carbocycles. The van der Waals surface area contributed by atoms with Gasteiger partial charge in [0.2, 0.25) is 5.89 Å². The number of nitrogens with one attached hydrogen (secondary N) is 1. The maximum atomic E-state index is 12.4. The largest absolute Gasteiger partial charge is 0.484 e. The third kappa shape index (κ3) is 4.05. The zero-order valence-corrected chi connectivity index (χ0v) is 17.9. The molecule has 0 aliphatic carbocycles. The molecule has 0 unspecified atom stereocenters. The van der Waals surface area contributed by atoms with E-state index in [1.54, 1.807) is 6.07 Å². The van der Waals surface area contributed by atoms with Crippen molar-refractivity contribution in [1.82, 2.24) is 4.98 Å². The number of nitrogens with zero attached hydrogens (tertiary/aromatic N) is 1. The van der Waals surface area contributed by atoms with Gasteiger partial charge in [0.25, 0.3) is 5.91 Å². The second-order valence-corrected chi connectivity index (χ2v) is 7.89. The molecule has 0 saturated carbocycles. The lowest BCUT2D eigenvalue weighted by Gasteiger charge is -2.09. The molecule has 0 aliphatic rings. The van der Waals surface area contributed by atoms with E-state index in [4.69, 9.17) is 9.15 Å². The number of aromatic nitrogens is 1. The fourth-order valence-corrected chi connectivity index (χ4v) is 3.89. The molecule has 5 heteroatoms. The number of carbonyl (C=O) groups is 1. The van der Waals surface area contributed by atoms with E-state index in [0.29, 0.717) is 28.4 Å². The van der Waals surface area contributed by atoms with Gasteiger partial charge in [-0.2, -0.15) is 0 Å². The fourth-order valence-electron chi connectivity index (χ4n) is 3.89. The summed E-state index contributed by atoms with van der Waals surface area (Å²) in [5.41, 5.74) is 5.12. The molecule has 1 aromatic heterocycles. The predicted octanol–water partition coefficient (Wildman–Crippen LogP) is 6.28. The van der Waals surface area contributed by atoms with Gasteiger partial charge in [-0.05, 0) is 72.1 Å². The minimum atomic E-state index is -0.235. The Bertz CT molecular complexity index is 1430. The molecule has 5 aromatic rings. The lowest BCUT2D eigenvalue weighted by molar-refractivity contribution is -0.118. The number of rotatable bonds is 5. The van der Waals surface area contributed by atoms with Gasteiger partial charge >= 0.3 is 0 Å². The highest BCUT2D eigenvalue weighted by molar-refractivity contribution is 5.97. The Balaban J connectivity index is 1.34. The SMILES string of the molecule is Cc1cc(C)cc(OCC(=O)Nc2ccc3oc(-c4cccc5ccccc45)nc3c2)c1. The van der Waals surface area contributed by atoms with E-state index >= 15 is 0 Å². The Kier molecular flexibility index (Phi) is 5.07. The standard InChI is InChI=1S/C27H22N2O3/c1-17-12-18(2)14-21(13-17)31-16-26(30)28-20-10-11-25-24(15-20)29-27(32-25)23-9-5-7-19-6-3-4-8-22(19)23/h3-15H,16H2,1-2H3,(H,28,30). The van der Waals surface area contributed by atoms with Gasteiger partial charge in [-0.25, -0.2) is 4.98 Å². The minimum absolute atomic E-state index is 0.0685. The highest BCUT2D eigenvalue weighted by Crippen LogP contribution is 2.31. The van der Waals surface area contributed by atoms with Crippen LogP contribution < -0.4 is 10.1 Å². The first-order valence-corrected chi connectivity index (χ1v) is 10.4. The lowest BCUT2D eigenvalue weighted by Crippen LogP contribution is -2.20. The van der Waals surface area contributed by atoms with Crippen molar-refractivity contribution < 1.29 is 13.9 Å². The minimum Gasteiger partial charge on any atom is -0.484 e. The summed E-state index contributed by atoms with van der Waals surface area (Å²) in [5, 5.41) is 5.08. The topological polar surface area (TPSA) is 64.4 Å². The van der Waals surface area contributed by atoms with Crippen LogP contribution in [0.2, 0.25) is 0 Å². The molecule has 1 amide bonds. The van der Waals surface area contributed by atoms with E-state index in [1.807, 2.05) is 62.4 Å². The molecule has 0 fully saturated rings. The summed E-state index contributed by atoms with van der Waals surface area (Å²) in [6.45, 7) is 3.93. The number of fused-ring (bicyclic) bond motifs is 2. The van der Waals surface area contributed by atoms with Crippen LogP contribution in [-0.4, -0.2) is 17.5 Å². The second-order valence-electron chi connectivity index (χ2n) is 7.89. The van der Waals surface area contributed by atoms with E-state index < -0.39 is 0 Å². The van der Waals surface area contributed by atoms with E-state index in [9.17, 15) is 4.79 Å². The zero-order valence-electron chi connectivity index (χ0n) is 17.9. The smallest absolute Gasteiger partial charge is 0.262 e. The second kappa shape index (κ2) is 8.19. The molecule has 32 heavy (non-hydrogen) atoms. The number of aryl methyl sites for hydroxylation is 2. The van der Waals surface area contributed by atoms with Crippen molar-refractivity contribution in [2.75, 3.05) is 11.9 Å². The molecule has 158 valence electrons. The molecular weight excluding hydrogens is 400 g/mol. The number of ether oxygens (including phenoxy) is 1. The van der Waals surface area contributed by atoms with Gasteiger partial charge in [0.05, 0.1) is 0 Å². The summed E-state index contributed by atoms with van der Waals surface area (Å²) in [7, 11) is 0. The molecule has 1 N–H and O–H groups in total. The molecule has 0 saturated heterocycles. The average Bonchev–Trinajstić information content (AvgIpc) is 3.20. The first-order chi connectivity index (χ1) is 15.5. The van der Waals surface area contributed by atoms with Crippen LogP contribution >= 0.6 is 0 Å². The van der Waals surface area contributed by atoms with Crippen LogP contribution in [0.1, 0.15) is 11.1 Å². The van der Waals surface area contributed by atoms with Crippen molar-refractivity contribution >= 4 is 33.5 Å². The first kappa shape index (κ1) is 19.8. The van der Waals surface area contributed by atoms with Crippen LogP contribution in [0.4, 0.5) is 5.69 Å². The molecule has 0 atom stereocenters. The molecule has 0 bridgehead atoms. The van der Waals surface area contributed by atoms with Crippen molar-refractivity contribution in [3.8, 4) is 17.2 Å². The van der Waals surface area contributed by atoms with Gasteiger partial charge in [-0.15, -0.1) is 0 Å². The molecule has 0 aliphatic heterocycles. The van der Waals surface area contributed by atoms with Crippen LogP contribution in [0.25, 0.3) is 33.3 Å². The Hall–Kier alpha value is -4.12. The normalized spacial score (nSPS) is 11.1. The van der Waals surface area contributed by atoms with E-state index in [0.717, 1.165) is 27.5 Å². The van der Waals surface area contributed by atoms with Gasteiger partial charge in [0.15, 0.2) is 12.2 Å². The number of amides is 1. The van der Waals surface area contributed by atoms with E-state index in [-0.39, 0.29) is 12.5 Å². The van der Waals surface area contributed by atoms with Crippen molar-refractivity contribution in [1.29, 1.82) is 0 Å². The van der Waals surface area contributed by atoms with Crippen molar-refractivity contribution in [3.63, 3.8) is 0 Å². The van der Waals surface area contributed by atoms with Crippen LogP contribution in [0.3, 0.4) is 0 Å². The Labute approximate surface area is 185 Å². The van der Waals surface area contributed by atoms with E-state index in [2.05, 4.69) is 34.6 Å². The van der Waals surface area contributed by atoms with Crippen molar-refractivity contribution in [2.45, 2.75) is 13.8 Å². The number of hydrogen-bond acceptors (Lipinski definition) is 4. The first-order valence-electron chi connectivity index (χ1n) is 10.4. The third-order valence-electron chi connectivity index (χ3n) is 5.26. The molecule has 5 rings (SSSR count). The third-order valence-corrected chi connectivity index (χ3v) is 5.26. The lowest BCUT2D eigenvalue weighted by atomic mass is 10.0. The van der Waals surface area contributed by atoms with Crippen LogP contribution in [0, 0.1) is 13.8 Å². The molecular formula is C27H22N2O3. The number of carbonyl (C=O) groups excluding carboxylic acids is 1. The maximum Gasteiger partial charge on any atom is 0.262 e. The van der Waals surface area contributed by atoms with Crippen LogP contribution in [0.15, 0.2) is 83.3 Å². The summed E-state index contributed by atoms with van der Waals surface area (Å²) in [6.07, 6.45) is 0. The molecule has 0 radical (unpaired) electrons. The van der Waals surface area contributed by atoms with Gasteiger partial charge < -0.3 is 14.5 Å². The quantitative estimate of drug-likeness (QED) is 0.362. The Morgan fingerprint density at radius 1 is 0.938 bits per heavy atom. The van der Waals surface area contributed by atoms with Gasteiger partial charge in [0, 0.05) is 11.3 Å².